The predicted octanol–water partition coefficient (Wildman–Crippen LogP) is 4.86. The number of carbonyl (C=O) groups excluding carboxylic acids is 1. The number of halogens is 3. The molecule has 2 aliphatic rings. The fourth-order valence-electron chi connectivity index (χ4n) is 4.65. The maximum absolute atomic E-state index is 13.2. The summed E-state index contributed by atoms with van der Waals surface area (Å²) in [5.74, 6) is 1.26. The van der Waals surface area contributed by atoms with E-state index in [0.717, 1.165) is 43.3 Å². The molecule has 1 saturated heterocycles. The van der Waals surface area contributed by atoms with Crippen molar-refractivity contribution in [3.8, 4) is 11.3 Å². The molecule has 0 bridgehead atoms. The minimum atomic E-state index is -4.52. The van der Waals surface area contributed by atoms with E-state index >= 15 is 0 Å². The number of hydrogen-bond donors (Lipinski definition) is 3. The van der Waals surface area contributed by atoms with Crippen LogP contribution in [0.5, 0.6) is 0 Å². The first-order chi connectivity index (χ1) is 17.7. The average Bonchev–Trinajstić information content (AvgIpc) is 2.99. The summed E-state index contributed by atoms with van der Waals surface area (Å²) in [4.78, 5) is 28.2. The van der Waals surface area contributed by atoms with E-state index < -0.39 is 17.6 Å². The van der Waals surface area contributed by atoms with Crippen molar-refractivity contribution in [3.63, 3.8) is 0 Å². The number of carbonyl (C=O) groups is 1. The van der Waals surface area contributed by atoms with E-state index in [2.05, 4.69) is 42.8 Å². The molecule has 2 aliphatic heterocycles. The van der Waals surface area contributed by atoms with Crippen LogP contribution in [0.15, 0.2) is 36.5 Å². The lowest BCUT2D eigenvalue weighted by molar-refractivity contribution is -0.137. The molecule has 0 spiro atoms. The predicted molar refractivity (Wildman–Crippen MR) is 136 cm³/mol. The van der Waals surface area contributed by atoms with Crippen molar-refractivity contribution in [3.05, 3.63) is 53.3 Å². The van der Waals surface area contributed by atoms with Crippen LogP contribution in [0.1, 0.15) is 29.7 Å². The zero-order valence-electron chi connectivity index (χ0n) is 20.6. The number of hydrogen-bond acceptors (Lipinski definition) is 7. The lowest BCUT2D eigenvalue weighted by Crippen LogP contribution is -2.33. The maximum Gasteiger partial charge on any atom is 0.416 e. The van der Waals surface area contributed by atoms with Crippen LogP contribution < -0.4 is 16.0 Å². The number of anilines is 4. The number of nitrogens with one attached hydrogen (secondary N) is 3. The molecule has 0 unspecified atom stereocenters. The number of rotatable bonds is 5. The van der Waals surface area contributed by atoms with Gasteiger partial charge >= 0.3 is 6.18 Å². The summed E-state index contributed by atoms with van der Waals surface area (Å²) in [6.45, 7) is 4.98. The number of aromatic nitrogens is 3. The monoisotopic (exact) mass is 511 g/mol. The number of alkyl halides is 3. The van der Waals surface area contributed by atoms with Gasteiger partial charge in [-0.2, -0.15) is 13.2 Å². The lowest BCUT2D eigenvalue weighted by atomic mass is 9.97. The van der Waals surface area contributed by atoms with Gasteiger partial charge in [0.25, 0.3) is 0 Å². The van der Waals surface area contributed by atoms with Crippen LogP contribution in [-0.2, 0) is 17.4 Å². The molecule has 4 heterocycles. The number of aryl methyl sites for hydroxylation is 1. The molecule has 8 nitrogen and oxygen atoms in total. The van der Waals surface area contributed by atoms with Gasteiger partial charge < -0.3 is 20.9 Å². The molecular formula is C26H28F3N7O. The van der Waals surface area contributed by atoms with E-state index in [1.165, 1.54) is 25.1 Å². The van der Waals surface area contributed by atoms with Gasteiger partial charge in [-0.25, -0.2) is 15.0 Å². The molecule has 11 heteroatoms. The van der Waals surface area contributed by atoms with Gasteiger partial charge in [-0.1, -0.05) is 6.07 Å². The summed E-state index contributed by atoms with van der Waals surface area (Å²) in [7, 11) is 2.15. The Morgan fingerprint density at radius 1 is 1.14 bits per heavy atom. The third-order valence-corrected chi connectivity index (χ3v) is 6.83. The van der Waals surface area contributed by atoms with E-state index in [9.17, 15) is 18.0 Å². The van der Waals surface area contributed by atoms with Crippen LogP contribution in [0, 0.1) is 12.8 Å². The van der Waals surface area contributed by atoms with Crippen LogP contribution in [0.2, 0.25) is 0 Å². The smallest absolute Gasteiger partial charge is 0.370 e. The Kier molecular flexibility index (Phi) is 6.72. The minimum absolute atomic E-state index is 0.0378. The summed E-state index contributed by atoms with van der Waals surface area (Å²) in [6, 6.07) is 7.04. The number of benzene rings is 1. The van der Waals surface area contributed by atoms with E-state index in [4.69, 9.17) is 0 Å². The normalized spacial score (nSPS) is 16.4. The highest BCUT2D eigenvalue weighted by Crippen LogP contribution is 2.38. The Hall–Kier alpha value is -3.73. The van der Waals surface area contributed by atoms with Crippen molar-refractivity contribution < 1.29 is 18.0 Å². The first-order valence-electron chi connectivity index (χ1n) is 12.2. The molecule has 0 atom stereocenters. The highest BCUT2D eigenvalue weighted by molar-refractivity contribution is 6.00. The van der Waals surface area contributed by atoms with Crippen LogP contribution in [0.3, 0.4) is 0 Å². The minimum Gasteiger partial charge on any atom is -0.370 e. The number of nitrogens with zero attached hydrogens (tertiary/aromatic N) is 4. The zero-order chi connectivity index (χ0) is 26.2. The molecule has 0 radical (unpaired) electrons. The molecule has 3 N–H and O–H groups in total. The van der Waals surface area contributed by atoms with Gasteiger partial charge in [0.1, 0.15) is 5.82 Å². The van der Waals surface area contributed by atoms with Gasteiger partial charge in [-0.3, -0.25) is 4.79 Å². The Labute approximate surface area is 212 Å². The summed E-state index contributed by atoms with van der Waals surface area (Å²) in [6.07, 6.45) is -0.702. The average molecular weight is 512 g/mol. The lowest BCUT2D eigenvalue weighted by Gasteiger charge is -2.29. The molecule has 5 rings (SSSR count). The van der Waals surface area contributed by atoms with Crippen molar-refractivity contribution in [1.29, 1.82) is 0 Å². The first-order valence-corrected chi connectivity index (χ1v) is 12.2. The van der Waals surface area contributed by atoms with Gasteiger partial charge in [0.05, 0.1) is 34.7 Å². The quantitative estimate of drug-likeness (QED) is 0.450. The molecule has 194 valence electrons. The Morgan fingerprint density at radius 2 is 1.92 bits per heavy atom. The number of amides is 1. The second kappa shape index (κ2) is 9.97. The number of fused-ring (bicyclic) bond motifs is 3. The zero-order valence-corrected chi connectivity index (χ0v) is 20.6. The Bertz CT molecular complexity index is 1320. The third kappa shape index (κ3) is 5.66. The molecule has 3 aromatic rings. The van der Waals surface area contributed by atoms with Crippen molar-refractivity contribution in [1.82, 2.24) is 19.9 Å². The molecule has 1 amide bonds. The molecule has 1 aromatic carbocycles. The Morgan fingerprint density at radius 3 is 2.65 bits per heavy atom. The van der Waals surface area contributed by atoms with E-state index in [1.54, 1.807) is 0 Å². The first kappa shape index (κ1) is 24.9. The van der Waals surface area contributed by atoms with Crippen molar-refractivity contribution in [2.45, 2.75) is 32.4 Å². The molecule has 0 aliphatic carbocycles. The van der Waals surface area contributed by atoms with Gasteiger partial charge in [-0.05, 0) is 70.1 Å². The van der Waals surface area contributed by atoms with E-state index in [-0.39, 0.29) is 18.1 Å². The number of pyridine rings is 1. The molecular weight excluding hydrogens is 483 g/mol. The molecule has 2 aromatic heterocycles. The summed E-state index contributed by atoms with van der Waals surface area (Å²) < 4.78 is 39.7. The third-order valence-electron chi connectivity index (χ3n) is 6.83. The van der Waals surface area contributed by atoms with Gasteiger partial charge in [0.2, 0.25) is 11.9 Å². The van der Waals surface area contributed by atoms with Crippen LogP contribution in [0.25, 0.3) is 11.3 Å². The van der Waals surface area contributed by atoms with Crippen molar-refractivity contribution in [2.24, 2.45) is 5.92 Å². The van der Waals surface area contributed by atoms with Crippen molar-refractivity contribution in [2.75, 3.05) is 42.6 Å². The summed E-state index contributed by atoms with van der Waals surface area (Å²) in [5, 5.41) is 9.14. The fraction of sp³-hybridized carbons (Fsp3) is 0.385. The maximum atomic E-state index is 13.2. The van der Waals surface area contributed by atoms with Crippen LogP contribution in [-0.4, -0.2) is 52.4 Å². The number of piperidine rings is 1. The van der Waals surface area contributed by atoms with E-state index in [0.29, 0.717) is 28.4 Å². The van der Waals surface area contributed by atoms with Crippen LogP contribution in [0.4, 0.5) is 36.3 Å². The SMILES string of the molecule is Cc1nc(NCC2CCN(C)CC2)ccc1Nc1ncc2c(n1)-c1ccc(C(F)(F)F)cc1NC(=O)C2. The largest absolute Gasteiger partial charge is 0.416 e. The second-order valence-corrected chi connectivity index (χ2v) is 9.63. The molecule has 37 heavy (non-hydrogen) atoms. The van der Waals surface area contributed by atoms with Gasteiger partial charge in [-0.15, -0.1) is 0 Å². The second-order valence-electron chi connectivity index (χ2n) is 9.63. The van der Waals surface area contributed by atoms with E-state index in [1.807, 2.05) is 19.1 Å². The van der Waals surface area contributed by atoms with Crippen molar-refractivity contribution >= 4 is 29.0 Å². The Balaban J connectivity index is 1.35. The molecule has 1 fully saturated rings. The molecule has 0 saturated carbocycles. The standard InChI is InChI=1S/C26H28F3N7O/c1-15-20(5-6-22(32-15)30-13-16-7-9-36(2)10-8-16)34-25-31-14-17-11-23(37)33-21-12-18(26(27,28)29)3-4-19(21)24(17)35-25/h3-6,12,14,16H,7-11,13H2,1-2H3,(H,30,32)(H,33,37)(H,31,34,35). The summed E-state index contributed by atoms with van der Waals surface area (Å²) >= 11 is 0. The number of likely N-dealkylation sites (tertiary alicyclic amines) is 1. The van der Waals surface area contributed by atoms with Crippen LogP contribution >= 0.6 is 0 Å². The summed E-state index contributed by atoms with van der Waals surface area (Å²) in [5.41, 5.74) is 2.03. The fourth-order valence-corrected chi connectivity index (χ4v) is 4.65. The topological polar surface area (TPSA) is 95.1 Å². The highest BCUT2D eigenvalue weighted by Gasteiger charge is 2.32. The van der Waals surface area contributed by atoms with Gasteiger partial charge in [0, 0.05) is 23.9 Å². The highest BCUT2D eigenvalue weighted by atomic mass is 19.4. The van der Waals surface area contributed by atoms with Gasteiger partial charge in [0.15, 0.2) is 0 Å².